The van der Waals surface area contributed by atoms with Crippen molar-refractivity contribution in [2.45, 2.75) is 32.9 Å². The zero-order valence-corrected chi connectivity index (χ0v) is 10.4. The standard InChI is InChI=1S/C10H21NO2.ClH/c1-9(2)7-11-10(3,13-8-9)5-6-12-4;/h11H,5-8H2,1-4H3;1H. The number of hydrogen-bond acceptors (Lipinski definition) is 3. The van der Waals surface area contributed by atoms with Crippen molar-refractivity contribution < 1.29 is 9.47 Å². The van der Waals surface area contributed by atoms with E-state index in [1.54, 1.807) is 7.11 Å². The quantitative estimate of drug-likeness (QED) is 0.792. The van der Waals surface area contributed by atoms with Gasteiger partial charge in [0.15, 0.2) is 0 Å². The molecule has 1 unspecified atom stereocenters. The first kappa shape index (κ1) is 14.2. The Balaban J connectivity index is 0.00000169. The van der Waals surface area contributed by atoms with Crippen LogP contribution in [0.15, 0.2) is 0 Å². The smallest absolute Gasteiger partial charge is 0.118 e. The predicted molar refractivity (Wildman–Crippen MR) is 59.9 cm³/mol. The van der Waals surface area contributed by atoms with Crippen molar-refractivity contribution in [1.29, 1.82) is 0 Å². The summed E-state index contributed by atoms with van der Waals surface area (Å²) >= 11 is 0. The Morgan fingerprint density at radius 1 is 1.36 bits per heavy atom. The highest BCUT2D eigenvalue weighted by atomic mass is 35.5. The molecule has 0 aromatic carbocycles. The molecule has 0 aromatic rings. The van der Waals surface area contributed by atoms with Gasteiger partial charge in [-0.25, -0.2) is 0 Å². The molecule has 0 bridgehead atoms. The van der Waals surface area contributed by atoms with E-state index < -0.39 is 0 Å². The van der Waals surface area contributed by atoms with Gasteiger partial charge in [0.25, 0.3) is 0 Å². The molecule has 0 saturated carbocycles. The Labute approximate surface area is 92.9 Å². The molecule has 1 fully saturated rings. The van der Waals surface area contributed by atoms with Crippen molar-refractivity contribution in [3.05, 3.63) is 0 Å². The number of halogens is 1. The maximum Gasteiger partial charge on any atom is 0.118 e. The van der Waals surface area contributed by atoms with E-state index >= 15 is 0 Å². The summed E-state index contributed by atoms with van der Waals surface area (Å²) in [6, 6.07) is 0. The van der Waals surface area contributed by atoms with Gasteiger partial charge < -0.3 is 9.47 Å². The minimum absolute atomic E-state index is 0. The first-order valence-corrected chi connectivity index (χ1v) is 4.85. The molecule has 0 radical (unpaired) electrons. The van der Waals surface area contributed by atoms with Gasteiger partial charge in [0.05, 0.1) is 13.2 Å². The largest absolute Gasteiger partial charge is 0.385 e. The fourth-order valence-corrected chi connectivity index (χ4v) is 1.34. The summed E-state index contributed by atoms with van der Waals surface area (Å²) in [4.78, 5) is 0. The van der Waals surface area contributed by atoms with Crippen molar-refractivity contribution in [2.75, 3.05) is 26.9 Å². The SMILES string of the molecule is COCCC1(C)NCC(C)(C)CO1.Cl. The molecule has 1 aliphatic heterocycles. The Hall–Kier alpha value is 0.170. The average molecular weight is 224 g/mol. The van der Waals surface area contributed by atoms with Gasteiger partial charge in [-0.1, -0.05) is 13.8 Å². The summed E-state index contributed by atoms with van der Waals surface area (Å²) < 4.78 is 10.8. The van der Waals surface area contributed by atoms with Crippen LogP contribution in [0.1, 0.15) is 27.2 Å². The molecule has 86 valence electrons. The van der Waals surface area contributed by atoms with Gasteiger partial charge in [-0.2, -0.15) is 0 Å². The fourth-order valence-electron chi connectivity index (χ4n) is 1.34. The molecule has 0 aromatic heterocycles. The lowest BCUT2D eigenvalue weighted by molar-refractivity contribution is -0.135. The van der Waals surface area contributed by atoms with Crippen molar-refractivity contribution in [2.24, 2.45) is 5.41 Å². The van der Waals surface area contributed by atoms with Crippen LogP contribution in [0, 0.1) is 5.41 Å². The van der Waals surface area contributed by atoms with Crippen LogP contribution in [-0.2, 0) is 9.47 Å². The molecular weight excluding hydrogens is 202 g/mol. The molecule has 1 aliphatic rings. The molecule has 0 spiro atoms. The molecule has 14 heavy (non-hydrogen) atoms. The Morgan fingerprint density at radius 2 is 2.00 bits per heavy atom. The van der Waals surface area contributed by atoms with Gasteiger partial charge in [0, 0.05) is 25.5 Å². The molecule has 1 rings (SSSR count). The third-order valence-electron chi connectivity index (χ3n) is 2.51. The minimum atomic E-state index is -0.189. The fraction of sp³-hybridized carbons (Fsp3) is 1.00. The Bertz CT molecular complexity index is 164. The summed E-state index contributed by atoms with van der Waals surface area (Å²) in [6.45, 7) is 9.06. The normalized spacial score (nSPS) is 30.9. The zero-order valence-electron chi connectivity index (χ0n) is 9.55. The van der Waals surface area contributed by atoms with E-state index in [-0.39, 0.29) is 23.5 Å². The van der Waals surface area contributed by atoms with Gasteiger partial charge in [-0.15, -0.1) is 12.4 Å². The molecular formula is C10H22ClNO2. The lowest BCUT2D eigenvalue weighted by atomic mass is 9.91. The van der Waals surface area contributed by atoms with Crippen molar-refractivity contribution >= 4 is 12.4 Å². The van der Waals surface area contributed by atoms with Crippen LogP contribution in [-0.4, -0.2) is 32.6 Å². The third-order valence-corrected chi connectivity index (χ3v) is 2.51. The van der Waals surface area contributed by atoms with E-state index in [1.165, 1.54) is 0 Å². The van der Waals surface area contributed by atoms with Crippen LogP contribution >= 0.6 is 12.4 Å². The molecule has 1 heterocycles. The summed E-state index contributed by atoms with van der Waals surface area (Å²) in [5.41, 5.74) is 0.0676. The van der Waals surface area contributed by atoms with Crippen LogP contribution in [0.2, 0.25) is 0 Å². The van der Waals surface area contributed by atoms with Gasteiger partial charge in [0.1, 0.15) is 5.72 Å². The number of methoxy groups -OCH3 is 1. The molecule has 1 atom stereocenters. The van der Waals surface area contributed by atoms with E-state index in [2.05, 4.69) is 26.1 Å². The molecule has 1 N–H and O–H groups in total. The first-order valence-electron chi connectivity index (χ1n) is 4.85. The summed E-state index contributed by atoms with van der Waals surface area (Å²) in [7, 11) is 1.72. The first-order chi connectivity index (χ1) is 5.97. The molecule has 0 aliphatic carbocycles. The number of nitrogens with one attached hydrogen (secondary N) is 1. The minimum Gasteiger partial charge on any atom is -0.385 e. The monoisotopic (exact) mass is 223 g/mol. The second-order valence-electron chi connectivity index (χ2n) is 4.78. The van der Waals surface area contributed by atoms with Gasteiger partial charge in [-0.3, -0.25) is 5.32 Å². The van der Waals surface area contributed by atoms with Crippen LogP contribution < -0.4 is 5.32 Å². The molecule has 1 saturated heterocycles. The summed E-state index contributed by atoms with van der Waals surface area (Å²) in [6.07, 6.45) is 0.902. The second-order valence-corrected chi connectivity index (χ2v) is 4.78. The lowest BCUT2D eigenvalue weighted by Crippen LogP contribution is -2.56. The third kappa shape index (κ3) is 4.13. The highest BCUT2D eigenvalue weighted by Crippen LogP contribution is 2.25. The lowest BCUT2D eigenvalue weighted by Gasteiger charge is -2.42. The van der Waals surface area contributed by atoms with Crippen LogP contribution in [0.3, 0.4) is 0 Å². The Kier molecular flexibility index (Phi) is 5.37. The summed E-state index contributed by atoms with van der Waals surface area (Å²) in [5, 5.41) is 3.42. The van der Waals surface area contributed by atoms with E-state index in [1.807, 2.05) is 0 Å². The van der Waals surface area contributed by atoms with Crippen molar-refractivity contribution in [3.63, 3.8) is 0 Å². The average Bonchev–Trinajstić information content (AvgIpc) is 2.08. The van der Waals surface area contributed by atoms with Crippen LogP contribution in [0.4, 0.5) is 0 Å². The summed E-state index contributed by atoms with van der Waals surface area (Å²) in [5.74, 6) is 0. The highest BCUT2D eigenvalue weighted by Gasteiger charge is 2.34. The highest BCUT2D eigenvalue weighted by molar-refractivity contribution is 5.85. The Morgan fingerprint density at radius 3 is 2.43 bits per heavy atom. The zero-order chi connectivity index (χ0) is 9.95. The maximum atomic E-state index is 5.79. The predicted octanol–water partition coefficient (Wildman–Crippen LogP) is 1.81. The van der Waals surface area contributed by atoms with E-state index in [0.717, 1.165) is 26.2 Å². The number of hydrogen-bond donors (Lipinski definition) is 1. The molecule has 4 heteroatoms. The molecule has 0 amide bonds. The van der Waals surface area contributed by atoms with Gasteiger partial charge >= 0.3 is 0 Å². The van der Waals surface area contributed by atoms with Crippen molar-refractivity contribution in [1.82, 2.24) is 5.32 Å². The van der Waals surface area contributed by atoms with E-state index in [4.69, 9.17) is 9.47 Å². The maximum absolute atomic E-state index is 5.79. The van der Waals surface area contributed by atoms with E-state index in [0.29, 0.717) is 0 Å². The van der Waals surface area contributed by atoms with Crippen molar-refractivity contribution in [3.8, 4) is 0 Å². The van der Waals surface area contributed by atoms with E-state index in [9.17, 15) is 0 Å². The number of rotatable bonds is 3. The molecule has 3 nitrogen and oxygen atoms in total. The number of ether oxygens (including phenoxy) is 2. The van der Waals surface area contributed by atoms with Gasteiger partial charge in [-0.05, 0) is 6.92 Å². The second kappa shape index (κ2) is 5.31. The topological polar surface area (TPSA) is 30.5 Å². The van der Waals surface area contributed by atoms with Crippen LogP contribution in [0.25, 0.3) is 0 Å². The van der Waals surface area contributed by atoms with Gasteiger partial charge in [0.2, 0.25) is 0 Å². The van der Waals surface area contributed by atoms with Crippen LogP contribution in [0.5, 0.6) is 0 Å².